The van der Waals surface area contributed by atoms with E-state index in [4.69, 9.17) is 0 Å². The van der Waals surface area contributed by atoms with Crippen molar-refractivity contribution in [1.29, 1.82) is 0 Å². The van der Waals surface area contributed by atoms with Crippen LogP contribution in [0.3, 0.4) is 0 Å². The maximum atomic E-state index is 2.89. The molecule has 0 rings (SSSR count). The second kappa shape index (κ2) is 8.84. The van der Waals surface area contributed by atoms with Gasteiger partial charge < -0.3 is 4.98 Å². The molecule has 0 saturated heterocycles. The van der Waals surface area contributed by atoms with Crippen LogP contribution in [0.15, 0.2) is 0 Å². The standard InChI is InChI=1S/CH7NSi.K.H/c1-2-3;;/h2H,1,3H3;;. The quantitative estimate of drug-likeness (QED) is 0.343. The van der Waals surface area contributed by atoms with Crippen LogP contribution in [0, 0.1) is 0 Å². The van der Waals surface area contributed by atoms with E-state index in [2.05, 4.69) is 4.98 Å². The summed E-state index contributed by atoms with van der Waals surface area (Å²) in [6.07, 6.45) is 0. The van der Waals surface area contributed by atoms with E-state index in [0.29, 0.717) is 0 Å². The van der Waals surface area contributed by atoms with Crippen LogP contribution in [0.2, 0.25) is 0 Å². The Hall–Kier alpha value is 1.81. The molecular formula is CH8KNSi. The minimum absolute atomic E-state index is 0. The molecule has 0 saturated carbocycles. The van der Waals surface area contributed by atoms with Crippen molar-refractivity contribution in [3.63, 3.8) is 0 Å². The zero-order chi connectivity index (χ0) is 2.71. The molecule has 0 aromatic rings. The summed E-state index contributed by atoms with van der Waals surface area (Å²) < 4.78 is 0. The van der Waals surface area contributed by atoms with Gasteiger partial charge in [0.1, 0.15) is 0 Å². The molecule has 0 spiro atoms. The van der Waals surface area contributed by atoms with Crippen molar-refractivity contribution in [3.05, 3.63) is 0 Å². The van der Waals surface area contributed by atoms with Crippen molar-refractivity contribution in [1.82, 2.24) is 4.98 Å². The van der Waals surface area contributed by atoms with Gasteiger partial charge in [0.25, 0.3) is 0 Å². The van der Waals surface area contributed by atoms with Gasteiger partial charge in [-0.05, 0) is 7.05 Å². The number of nitrogens with one attached hydrogen (secondary N) is 1. The molecule has 1 N–H and O–H groups in total. The average molecular weight is 101 g/mol. The first-order valence-electron chi connectivity index (χ1n) is 1.00. The Labute approximate surface area is 72.5 Å². The van der Waals surface area contributed by atoms with Crippen molar-refractivity contribution in [2.45, 2.75) is 0 Å². The van der Waals surface area contributed by atoms with Crippen molar-refractivity contribution in [2.24, 2.45) is 0 Å². The summed E-state index contributed by atoms with van der Waals surface area (Å²) in [7, 11) is 3.06. The second-order valence-electron chi connectivity index (χ2n) is 0.500. The molecule has 0 amide bonds. The van der Waals surface area contributed by atoms with Crippen molar-refractivity contribution in [2.75, 3.05) is 7.05 Å². The summed E-state index contributed by atoms with van der Waals surface area (Å²) in [6, 6.07) is 0. The van der Waals surface area contributed by atoms with Gasteiger partial charge >= 0.3 is 51.4 Å². The van der Waals surface area contributed by atoms with E-state index >= 15 is 0 Å². The van der Waals surface area contributed by atoms with Gasteiger partial charge in [0.2, 0.25) is 0 Å². The topological polar surface area (TPSA) is 12.0 Å². The molecule has 0 atom stereocenters. The molecule has 0 aromatic heterocycles. The Kier molecular flexibility index (Phi) is 20.5. The van der Waals surface area contributed by atoms with Crippen LogP contribution in [0.25, 0.3) is 0 Å². The summed E-state index contributed by atoms with van der Waals surface area (Å²) >= 11 is 0. The van der Waals surface area contributed by atoms with Crippen LogP contribution in [-0.4, -0.2) is 68.8 Å². The summed E-state index contributed by atoms with van der Waals surface area (Å²) in [5.41, 5.74) is 0. The van der Waals surface area contributed by atoms with Crippen LogP contribution >= 0.6 is 0 Å². The molecule has 1 nitrogen and oxygen atoms in total. The molecule has 0 aliphatic heterocycles. The number of rotatable bonds is 0. The third-order valence-electron chi connectivity index (χ3n) is 0. The summed E-state index contributed by atoms with van der Waals surface area (Å²) in [6.45, 7) is 0. The Morgan fingerprint density at radius 2 is 1.75 bits per heavy atom. The molecule has 0 aliphatic rings. The van der Waals surface area contributed by atoms with Gasteiger partial charge in [-0.3, -0.25) is 0 Å². The van der Waals surface area contributed by atoms with Crippen LogP contribution in [-0.2, 0) is 0 Å². The van der Waals surface area contributed by atoms with E-state index in [1.54, 1.807) is 0 Å². The average Bonchev–Trinajstić information content (AvgIpc) is 0.918. The van der Waals surface area contributed by atoms with Crippen molar-refractivity contribution in [3.8, 4) is 0 Å². The minimum atomic E-state index is 0. The van der Waals surface area contributed by atoms with Crippen LogP contribution < -0.4 is 4.98 Å². The van der Waals surface area contributed by atoms with Crippen molar-refractivity contribution >= 4 is 61.8 Å². The fraction of sp³-hybridized carbons (Fsp3) is 1.00. The second-order valence-corrected chi connectivity index (χ2v) is 1.50. The van der Waals surface area contributed by atoms with Gasteiger partial charge in [-0.2, -0.15) is 0 Å². The SMILES string of the molecule is CN[SiH3].[KH]. The van der Waals surface area contributed by atoms with E-state index in [9.17, 15) is 0 Å². The Balaban J connectivity index is 0. The molecule has 0 heterocycles. The zero-order valence-corrected chi connectivity index (χ0v) is 4.50. The third-order valence-corrected chi connectivity index (χ3v) is 0. The normalized spacial score (nSPS) is 5.25. The first-order valence-corrected chi connectivity index (χ1v) is 2.00. The van der Waals surface area contributed by atoms with Gasteiger partial charge in [0, 0.05) is 0 Å². The predicted molar refractivity (Wildman–Crippen MR) is 26.1 cm³/mol. The summed E-state index contributed by atoms with van der Waals surface area (Å²) in [5, 5.41) is 0. The van der Waals surface area contributed by atoms with Crippen molar-refractivity contribution < 1.29 is 0 Å². The van der Waals surface area contributed by atoms with E-state index in [-0.39, 0.29) is 51.4 Å². The summed E-state index contributed by atoms with van der Waals surface area (Å²) in [5.74, 6) is 0. The molecule has 3 heteroatoms. The fourth-order valence-corrected chi connectivity index (χ4v) is 0. The first-order chi connectivity index (χ1) is 1.41. The zero-order valence-electron chi connectivity index (χ0n) is 2.50. The molecule has 4 heavy (non-hydrogen) atoms. The van der Waals surface area contributed by atoms with E-state index < -0.39 is 0 Å². The maximum absolute atomic E-state index is 2.89. The summed E-state index contributed by atoms with van der Waals surface area (Å²) in [4.78, 5) is 2.89. The first kappa shape index (κ1) is 9.26. The Morgan fingerprint density at radius 3 is 1.75 bits per heavy atom. The Morgan fingerprint density at radius 1 is 1.75 bits per heavy atom. The van der Waals surface area contributed by atoms with E-state index in [1.165, 1.54) is 0 Å². The Bertz CT molecular complexity index is 8.00. The molecule has 0 aromatic carbocycles. The molecule has 0 radical (unpaired) electrons. The van der Waals surface area contributed by atoms with Crippen LogP contribution in [0.1, 0.15) is 0 Å². The number of hydrogen-bond donors (Lipinski definition) is 1. The molecule has 0 bridgehead atoms. The molecular weight excluding hydrogens is 93.2 g/mol. The third kappa shape index (κ3) is 9.18. The molecule has 0 unspecified atom stereocenters. The van der Waals surface area contributed by atoms with E-state index in [1.807, 2.05) is 7.05 Å². The van der Waals surface area contributed by atoms with Gasteiger partial charge in [-0.25, -0.2) is 0 Å². The van der Waals surface area contributed by atoms with Gasteiger partial charge in [-0.1, -0.05) is 0 Å². The van der Waals surface area contributed by atoms with Gasteiger partial charge in [0.15, 0.2) is 0 Å². The number of hydrogen-bond acceptors (Lipinski definition) is 1. The van der Waals surface area contributed by atoms with Gasteiger partial charge in [0.05, 0.1) is 10.4 Å². The van der Waals surface area contributed by atoms with Crippen LogP contribution in [0.4, 0.5) is 0 Å². The fourth-order valence-electron chi connectivity index (χ4n) is 0. The van der Waals surface area contributed by atoms with Gasteiger partial charge in [-0.15, -0.1) is 0 Å². The van der Waals surface area contributed by atoms with E-state index in [0.717, 1.165) is 10.4 Å². The predicted octanol–water partition coefficient (Wildman–Crippen LogP) is -2.16. The molecule has 0 fully saturated rings. The molecule has 0 aliphatic carbocycles. The monoisotopic (exact) mass is 101 g/mol. The van der Waals surface area contributed by atoms with Crippen LogP contribution in [0.5, 0.6) is 0 Å². The molecule has 22 valence electrons.